The molecule has 1 aliphatic carbocycles. The Balaban J connectivity index is 1.63. The van der Waals surface area contributed by atoms with Gasteiger partial charge in [-0.2, -0.15) is 0 Å². The number of aryl methyl sites for hydroxylation is 2. The second-order valence-corrected chi connectivity index (χ2v) is 7.07. The highest BCUT2D eigenvalue weighted by molar-refractivity contribution is 7.71. The van der Waals surface area contributed by atoms with Crippen LogP contribution in [0, 0.1) is 24.4 Å². The van der Waals surface area contributed by atoms with Crippen molar-refractivity contribution in [3.05, 3.63) is 57.9 Å². The Kier molecular flexibility index (Phi) is 4.13. The summed E-state index contributed by atoms with van der Waals surface area (Å²) in [5.74, 6) is 0.432. The summed E-state index contributed by atoms with van der Waals surface area (Å²) in [5, 5.41) is 4.60. The summed E-state index contributed by atoms with van der Waals surface area (Å²) in [6.07, 6.45) is 2.36. The predicted molar refractivity (Wildman–Crippen MR) is 96.3 cm³/mol. The van der Waals surface area contributed by atoms with E-state index in [0.717, 1.165) is 23.5 Å². The van der Waals surface area contributed by atoms with E-state index in [4.69, 9.17) is 12.2 Å². The number of halogens is 1. The number of rotatable bonds is 5. The number of benzene rings is 1. The Morgan fingerprint density at radius 3 is 2.64 bits per heavy atom. The second-order valence-electron chi connectivity index (χ2n) is 6.70. The van der Waals surface area contributed by atoms with Crippen LogP contribution in [-0.4, -0.2) is 30.1 Å². The quantitative estimate of drug-likeness (QED) is 0.654. The maximum Gasteiger partial charge on any atom is 0.254 e. The molecular formula is C18H20FN5S. The van der Waals surface area contributed by atoms with Gasteiger partial charge in [0.1, 0.15) is 5.82 Å². The average molecular weight is 357 g/mol. The molecule has 5 nitrogen and oxygen atoms in total. The molecular weight excluding hydrogens is 337 g/mol. The van der Waals surface area contributed by atoms with Crippen LogP contribution in [-0.2, 0) is 13.2 Å². The molecule has 130 valence electrons. The molecule has 25 heavy (non-hydrogen) atoms. The van der Waals surface area contributed by atoms with Crippen LogP contribution in [0.5, 0.6) is 0 Å². The number of fused-ring (bicyclic) bond motifs is 1. The van der Waals surface area contributed by atoms with Gasteiger partial charge >= 0.3 is 0 Å². The molecule has 3 aromatic rings. The molecule has 0 saturated heterocycles. The summed E-state index contributed by atoms with van der Waals surface area (Å²) >= 11 is 5.61. The van der Waals surface area contributed by atoms with Gasteiger partial charge in [-0.1, -0.05) is 12.1 Å². The van der Waals surface area contributed by atoms with E-state index in [2.05, 4.69) is 15.0 Å². The lowest BCUT2D eigenvalue weighted by atomic mass is 10.2. The van der Waals surface area contributed by atoms with E-state index in [-0.39, 0.29) is 5.82 Å². The van der Waals surface area contributed by atoms with E-state index in [0.29, 0.717) is 23.3 Å². The van der Waals surface area contributed by atoms with Crippen LogP contribution < -0.4 is 0 Å². The largest absolute Gasteiger partial charge is 0.277 e. The fourth-order valence-electron chi connectivity index (χ4n) is 3.16. The van der Waals surface area contributed by atoms with Gasteiger partial charge in [0.15, 0.2) is 0 Å². The first-order valence-corrected chi connectivity index (χ1v) is 8.84. The molecule has 7 heteroatoms. The maximum absolute atomic E-state index is 13.1. The van der Waals surface area contributed by atoms with E-state index < -0.39 is 0 Å². The van der Waals surface area contributed by atoms with Gasteiger partial charge in [-0.15, -0.1) is 5.10 Å². The predicted octanol–water partition coefficient (Wildman–Crippen LogP) is 3.64. The molecule has 0 N–H and O–H groups in total. The minimum absolute atomic E-state index is 0.207. The summed E-state index contributed by atoms with van der Waals surface area (Å²) < 4.78 is 17.5. The van der Waals surface area contributed by atoms with Crippen LogP contribution in [0.4, 0.5) is 4.39 Å². The normalized spacial score (nSPS) is 14.6. The van der Waals surface area contributed by atoms with Crippen LogP contribution in [0.3, 0.4) is 0 Å². The fraction of sp³-hybridized carbons (Fsp3) is 0.389. The summed E-state index contributed by atoms with van der Waals surface area (Å²) in [4.78, 5) is 6.83. The molecule has 0 aliphatic heterocycles. The molecule has 1 saturated carbocycles. The molecule has 1 aromatic carbocycles. The third-order valence-corrected chi connectivity index (χ3v) is 4.94. The molecule has 0 atom stereocenters. The maximum atomic E-state index is 13.1. The molecule has 0 spiro atoms. The Morgan fingerprint density at radius 1 is 1.24 bits per heavy atom. The van der Waals surface area contributed by atoms with Crippen molar-refractivity contribution in [2.75, 3.05) is 0 Å². The van der Waals surface area contributed by atoms with Crippen LogP contribution >= 0.6 is 12.2 Å². The fourth-order valence-corrected chi connectivity index (χ4v) is 3.48. The molecule has 2 heterocycles. The van der Waals surface area contributed by atoms with Crippen LogP contribution in [0.2, 0.25) is 0 Å². The van der Waals surface area contributed by atoms with Gasteiger partial charge in [0, 0.05) is 24.0 Å². The molecule has 1 aliphatic rings. The van der Waals surface area contributed by atoms with Gasteiger partial charge in [0.05, 0.1) is 6.67 Å². The Hall–Kier alpha value is -2.12. The highest BCUT2D eigenvalue weighted by atomic mass is 32.1. The van der Waals surface area contributed by atoms with Crippen molar-refractivity contribution in [1.82, 2.24) is 24.1 Å². The Bertz CT molecular complexity index is 972. The van der Waals surface area contributed by atoms with Crippen molar-refractivity contribution < 1.29 is 4.39 Å². The van der Waals surface area contributed by atoms with Crippen LogP contribution in [0.25, 0.3) is 5.78 Å². The molecule has 0 amide bonds. The van der Waals surface area contributed by atoms with Crippen LogP contribution in [0.1, 0.15) is 29.8 Å². The number of nitrogens with zero attached hydrogens (tertiary/aromatic N) is 5. The topological polar surface area (TPSA) is 38.4 Å². The summed E-state index contributed by atoms with van der Waals surface area (Å²) in [6, 6.07) is 9.23. The molecule has 2 aromatic heterocycles. The zero-order valence-corrected chi connectivity index (χ0v) is 15.1. The van der Waals surface area contributed by atoms with Crippen molar-refractivity contribution in [3.63, 3.8) is 0 Å². The first-order chi connectivity index (χ1) is 12.0. The zero-order chi connectivity index (χ0) is 17.6. The highest BCUT2D eigenvalue weighted by Crippen LogP contribution is 2.29. The lowest BCUT2D eigenvalue weighted by Crippen LogP contribution is -2.29. The minimum atomic E-state index is -0.207. The van der Waals surface area contributed by atoms with E-state index in [1.807, 2.05) is 41.1 Å². The van der Waals surface area contributed by atoms with Gasteiger partial charge in [-0.3, -0.25) is 9.30 Å². The van der Waals surface area contributed by atoms with Crippen molar-refractivity contribution in [3.8, 4) is 0 Å². The monoisotopic (exact) mass is 357 g/mol. The third kappa shape index (κ3) is 3.34. The van der Waals surface area contributed by atoms with Crippen LogP contribution in [0.15, 0.2) is 30.3 Å². The lowest BCUT2D eigenvalue weighted by molar-refractivity contribution is 0.187. The second kappa shape index (κ2) is 6.31. The van der Waals surface area contributed by atoms with Gasteiger partial charge in [0.2, 0.25) is 4.77 Å². The standard InChI is InChI=1S/C18H20FN5S/c1-12-9-13(2)24-17(20-12)21-23(18(24)25)11-22(16-7-8-16)10-14-3-5-15(19)6-4-14/h3-6,9,16H,7-8,10-11H2,1-2H3. The van der Waals surface area contributed by atoms with Crippen molar-refractivity contribution >= 4 is 18.0 Å². The van der Waals surface area contributed by atoms with Gasteiger partial charge in [0.25, 0.3) is 5.78 Å². The summed E-state index contributed by atoms with van der Waals surface area (Å²) in [5.41, 5.74) is 3.06. The SMILES string of the molecule is Cc1cc(C)n2c(=S)n(CN(Cc3ccc(F)cc3)C3CC3)nc2n1. The first kappa shape index (κ1) is 16.4. The minimum Gasteiger partial charge on any atom is -0.277 e. The van der Waals surface area contributed by atoms with Crippen molar-refractivity contribution in [1.29, 1.82) is 0 Å². The number of hydrogen-bond acceptors (Lipinski definition) is 4. The number of aromatic nitrogens is 4. The smallest absolute Gasteiger partial charge is 0.254 e. The molecule has 0 bridgehead atoms. The summed E-state index contributed by atoms with van der Waals surface area (Å²) in [7, 11) is 0. The molecule has 4 rings (SSSR count). The van der Waals surface area contributed by atoms with Crippen molar-refractivity contribution in [2.24, 2.45) is 0 Å². The highest BCUT2D eigenvalue weighted by Gasteiger charge is 2.29. The Morgan fingerprint density at radius 2 is 1.96 bits per heavy atom. The van der Waals surface area contributed by atoms with E-state index in [9.17, 15) is 4.39 Å². The molecule has 0 radical (unpaired) electrons. The lowest BCUT2D eigenvalue weighted by Gasteiger charge is -2.21. The first-order valence-electron chi connectivity index (χ1n) is 8.43. The van der Waals surface area contributed by atoms with Gasteiger partial charge < -0.3 is 0 Å². The van der Waals surface area contributed by atoms with E-state index >= 15 is 0 Å². The molecule has 1 fully saturated rings. The van der Waals surface area contributed by atoms with Crippen molar-refractivity contribution in [2.45, 2.75) is 45.9 Å². The number of hydrogen-bond donors (Lipinski definition) is 0. The summed E-state index contributed by atoms with van der Waals surface area (Å²) in [6.45, 7) is 5.34. The van der Waals surface area contributed by atoms with E-state index in [1.54, 1.807) is 0 Å². The Labute approximate surface area is 150 Å². The van der Waals surface area contributed by atoms with Gasteiger partial charge in [-0.05, 0) is 62.7 Å². The van der Waals surface area contributed by atoms with Gasteiger partial charge in [-0.25, -0.2) is 14.1 Å². The molecule has 0 unspecified atom stereocenters. The zero-order valence-electron chi connectivity index (χ0n) is 14.3. The average Bonchev–Trinajstić information content (AvgIpc) is 3.35. The third-order valence-electron chi connectivity index (χ3n) is 4.55. The van der Waals surface area contributed by atoms with E-state index in [1.165, 1.54) is 25.0 Å².